The molecule has 1 aliphatic rings. The second-order valence-electron chi connectivity index (χ2n) is 4.84. The minimum atomic E-state index is 0.158. The fourth-order valence-corrected chi connectivity index (χ4v) is 2.45. The normalized spacial score (nSPS) is 13.7. The lowest BCUT2D eigenvalue weighted by molar-refractivity contribution is -0.129. The standard InChI is InChI=1S/C15H23N3O2/c1-3-17(4-2)15(19)11-18-7-8-20-14-9-12(10-16)5-6-13(14)18/h5-6,9H,3-4,7-8,10-11,16H2,1-2H3. The molecular formula is C15H23N3O2. The minimum Gasteiger partial charge on any atom is -0.490 e. The molecule has 0 saturated carbocycles. The molecular weight excluding hydrogens is 254 g/mol. The number of likely N-dealkylation sites (N-methyl/N-ethyl adjacent to an activating group) is 1. The first-order valence-electron chi connectivity index (χ1n) is 7.18. The summed E-state index contributed by atoms with van der Waals surface area (Å²) in [7, 11) is 0. The van der Waals surface area contributed by atoms with Crippen LogP contribution in [0.3, 0.4) is 0 Å². The van der Waals surface area contributed by atoms with Crippen molar-refractivity contribution in [3.63, 3.8) is 0 Å². The van der Waals surface area contributed by atoms with Gasteiger partial charge < -0.3 is 20.3 Å². The van der Waals surface area contributed by atoms with Gasteiger partial charge in [0.05, 0.1) is 18.8 Å². The molecule has 5 heteroatoms. The van der Waals surface area contributed by atoms with Crippen LogP contribution in [0.25, 0.3) is 0 Å². The van der Waals surface area contributed by atoms with Crippen LogP contribution < -0.4 is 15.4 Å². The molecule has 1 amide bonds. The first-order valence-corrected chi connectivity index (χ1v) is 7.18. The summed E-state index contributed by atoms with van der Waals surface area (Å²) in [4.78, 5) is 16.2. The minimum absolute atomic E-state index is 0.158. The zero-order valence-corrected chi connectivity index (χ0v) is 12.3. The van der Waals surface area contributed by atoms with Crippen LogP contribution in [0.5, 0.6) is 5.75 Å². The van der Waals surface area contributed by atoms with E-state index in [1.165, 1.54) is 0 Å². The van der Waals surface area contributed by atoms with Gasteiger partial charge in [-0.05, 0) is 31.5 Å². The van der Waals surface area contributed by atoms with E-state index in [0.29, 0.717) is 19.7 Å². The number of ether oxygens (including phenoxy) is 1. The summed E-state index contributed by atoms with van der Waals surface area (Å²) in [5, 5.41) is 0. The fourth-order valence-electron chi connectivity index (χ4n) is 2.45. The lowest BCUT2D eigenvalue weighted by atomic mass is 10.1. The second-order valence-corrected chi connectivity index (χ2v) is 4.84. The average Bonchev–Trinajstić information content (AvgIpc) is 2.48. The van der Waals surface area contributed by atoms with Crippen LogP contribution in [-0.4, -0.2) is 43.6 Å². The van der Waals surface area contributed by atoms with Crippen LogP contribution in [0.4, 0.5) is 5.69 Å². The van der Waals surface area contributed by atoms with Crippen molar-refractivity contribution >= 4 is 11.6 Å². The molecule has 1 heterocycles. The summed E-state index contributed by atoms with van der Waals surface area (Å²) in [5.41, 5.74) is 7.67. The Kier molecular flexibility index (Phi) is 4.84. The molecule has 0 aromatic heterocycles. The zero-order chi connectivity index (χ0) is 14.5. The highest BCUT2D eigenvalue weighted by Crippen LogP contribution is 2.32. The number of nitrogens with zero attached hydrogens (tertiary/aromatic N) is 2. The van der Waals surface area contributed by atoms with Crippen LogP contribution >= 0.6 is 0 Å². The monoisotopic (exact) mass is 277 g/mol. The summed E-state index contributed by atoms with van der Waals surface area (Å²) in [6, 6.07) is 5.94. The van der Waals surface area contributed by atoms with Crippen molar-refractivity contribution in [3.05, 3.63) is 23.8 Å². The summed E-state index contributed by atoms with van der Waals surface area (Å²) < 4.78 is 5.67. The van der Waals surface area contributed by atoms with E-state index < -0.39 is 0 Å². The molecule has 1 aromatic carbocycles. The van der Waals surface area contributed by atoms with Crippen molar-refractivity contribution < 1.29 is 9.53 Å². The van der Waals surface area contributed by atoms with Gasteiger partial charge in [-0.1, -0.05) is 6.07 Å². The number of anilines is 1. The average molecular weight is 277 g/mol. The maximum atomic E-state index is 12.2. The van der Waals surface area contributed by atoms with E-state index in [4.69, 9.17) is 10.5 Å². The number of carbonyl (C=O) groups is 1. The molecule has 5 nitrogen and oxygen atoms in total. The molecule has 0 saturated heterocycles. The molecule has 2 N–H and O–H groups in total. The lowest BCUT2D eigenvalue weighted by Gasteiger charge is -2.32. The van der Waals surface area contributed by atoms with E-state index in [2.05, 4.69) is 4.90 Å². The van der Waals surface area contributed by atoms with E-state index >= 15 is 0 Å². The third kappa shape index (κ3) is 3.04. The molecule has 20 heavy (non-hydrogen) atoms. The predicted molar refractivity (Wildman–Crippen MR) is 80.0 cm³/mol. The Labute approximate surface area is 120 Å². The van der Waals surface area contributed by atoms with Gasteiger partial charge in [0.2, 0.25) is 5.91 Å². The SMILES string of the molecule is CCN(CC)C(=O)CN1CCOc2cc(CN)ccc21. The maximum Gasteiger partial charge on any atom is 0.242 e. The number of nitrogens with two attached hydrogens (primary N) is 1. The van der Waals surface area contributed by atoms with Crippen LogP contribution in [0.2, 0.25) is 0 Å². The second kappa shape index (κ2) is 6.61. The third-order valence-electron chi connectivity index (χ3n) is 3.66. The Morgan fingerprint density at radius 1 is 1.40 bits per heavy atom. The van der Waals surface area contributed by atoms with E-state index in [0.717, 1.165) is 36.6 Å². The highest BCUT2D eigenvalue weighted by Gasteiger charge is 2.22. The van der Waals surface area contributed by atoms with Gasteiger partial charge in [0.1, 0.15) is 12.4 Å². The smallest absolute Gasteiger partial charge is 0.242 e. The number of hydrogen-bond acceptors (Lipinski definition) is 4. The molecule has 1 aliphatic heterocycles. The predicted octanol–water partition coefficient (Wildman–Crippen LogP) is 1.21. The highest BCUT2D eigenvalue weighted by molar-refractivity contribution is 5.82. The van der Waals surface area contributed by atoms with E-state index in [1.807, 2.05) is 36.9 Å². The number of hydrogen-bond donors (Lipinski definition) is 1. The number of fused-ring (bicyclic) bond motifs is 1. The number of benzene rings is 1. The van der Waals surface area contributed by atoms with Gasteiger partial charge in [0.25, 0.3) is 0 Å². The Hall–Kier alpha value is -1.75. The fraction of sp³-hybridized carbons (Fsp3) is 0.533. The first kappa shape index (κ1) is 14.7. The molecule has 0 atom stereocenters. The maximum absolute atomic E-state index is 12.2. The molecule has 2 rings (SSSR count). The van der Waals surface area contributed by atoms with Crippen molar-refractivity contribution in [2.75, 3.05) is 37.7 Å². The van der Waals surface area contributed by atoms with Crippen molar-refractivity contribution in [3.8, 4) is 5.75 Å². The van der Waals surface area contributed by atoms with Gasteiger partial charge in [-0.25, -0.2) is 0 Å². The van der Waals surface area contributed by atoms with Crippen molar-refractivity contribution in [1.82, 2.24) is 4.90 Å². The molecule has 0 spiro atoms. The van der Waals surface area contributed by atoms with E-state index in [-0.39, 0.29) is 5.91 Å². The summed E-state index contributed by atoms with van der Waals surface area (Å²) in [6.45, 7) is 7.74. The van der Waals surface area contributed by atoms with E-state index in [1.54, 1.807) is 0 Å². The van der Waals surface area contributed by atoms with Crippen LogP contribution in [0, 0.1) is 0 Å². The molecule has 0 aliphatic carbocycles. The third-order valence-corrected chi connectivity index (χ3v) is 3.66. The highest BCUT2D eigenvalue weighted by atomic mass is 16.5. The van der Waals surface area contributed by atoms with Crippen molar-refractivity contribution in [1.29, 1.82) is 0 Å². The summed E-state index contributed by atoms with van der Waals surface area (Å²) >= 11 is 0. The molecule has 0 unspecified atom stereocenters. The molecule has 0 radical (unpaired) electrons. The van der Waals surface area contributed by atoms with Gasteiger partial charge in [-0.15, -0.1) is 0 Å². The number of rotatable bonds is 5. The van der Waals surface area contributed by atoms with Gasteiger partial charge in [0, 0.05) is 19.6 Å². The number of carbonyl (C=O) groups excluding carboxylic acids is 1. The van der Waals surface area contributed by atoms with Gasteiger partial charge >= 0.3 is 0 Å². The molecule has 110 valence electrons. The molecule has 1 aromatic rings. The van der Waals surface area contributed by atoms with Crippen LogP contribution in [0.1, 0.15) is 19.4 Å². The summed E-state index contributed by atoms with van der Waals surface area (Å²) in [6.07, 6.45) is 0. The topological polar surface area (TPSA) is 58.8 Å². The van der Waals surface area contributed by atoms with E-state index in [9.17, 15) is 4.79 Å². The van der Waals surface area contributed by atoms with Gasteiger partial charge in [-0.2, -0.15) is 0 Å². The Balaban J connectivity index is 2.14. The molecule has 0 fully saturated rings. The zero-order valence-electron chi connectivity index (χ0n) is 12.3. The first-order chi connectivity index (χ1) is 9.69. The Bertz CT molecular complexity index is 472. The Morgan fingerprint density at radius 2 is 2.15 bits per heavy atom. The Morgan fingerprint density at radius 3 is 2.80 bits per heavy atom. The van der Waals surface area contributed by atoms with Crippen LogP contribution in [0.15, 0.2) is 18.2 Å². The largest absolute Gasteiger partial charge is 0.490 e. The summed E-state index contributed by atoms with van der Waals surface area (Å²) in [5.74, 6) is 0.984. The molecule has 0 bridgehead atoms. The van der Waals surface area contributed by atoms with Crippen molar-refractivity contribution in [2.45, 2.75) is 20.4 Å². The number of amides is 1. The van der Waals surface area contributed by atoms with Crippen LogP contribution in [-0.2, 0) is 11.3 Å². The van der Waals surface area contributed by atoms with Gasteiger partial charge in [-0.3, -0.25) is 4.79 Å². The van der Waals surface area contributed by atoms with Gasteiger partial charge in [0.15, 0.2) is 0 Å². The van der Waals surface area contributed by atoms with Crippen molar-refractivity contribution in [2.24, 2.45) is 5.73 Å². The lowest BCUT2D eigenvalue weighted by Crippen LogP contribution is -2.43. The quantitative estimate of drug-likeness (QED) is 0.879.